The second-order valence-electron chi connectivity index (χ2n) is 6.59. The molecule has 0 aliphatic carbocycles. The van der Waals surface area contributed by atoms with Crippen molar-refractivity contribution in [3.8, 4) is 0 Å². The van der Waals surface area contributed by atoms with Gasteiger partial charge in [0, 0.05) is 13.1 Å². The fourth-order valence-electron chi connectivity index (χ4n) is 1.46. The van der Waals surface area contributed by atoms with E-state index in [1.54, 1.807) is 0 Å². The number of amides is 1. The summed E-state index contributed by atoms with van der Waals surface area (Å²) in [6, 6.07) is 0. The fourth-order valence-corrected chi connectivity index (χ4v) is 1.46. The average molecular weight is 257 g/mol. The molecular weight excluding hydrogens is 226 g/mol. The Hall–Kier alpha value is -0.730. The molecule has 0 fully saturated rings. The first-order valence-corrected chi connectivity index (χ1v) is 7.18. The summed E-state index contributed by atoms with van der Waals surface area (Å²) >= 11 is 0. The smallest absolute Gasteiger partial charge is 0.409 e. The maximum atomic E-state index is 11.9. The third-order valence-electron chi connectivity index (χ3n) is 2.80. The number of ether oxygens (including phenoxy) is 1. The minimum absolute atomic E-state index is 0.151. The summed E-state index contributed by atoms with van der Waals surface area (Å²) in [5.74, 6) is 0.612. The zero-order chi connectivity index (χ0) is 14.2. The Labute approximate surface area is 113 Å². The van der Waals surface area contributed by atoms with Crippen LogP contribution in [0, 0.1) is 11.3 Å². The molecule has 0 aromatic heterocycles. The molecular formula is C15H31NO2. The molecule has 0 aromatic carbocycles. The van der Waals surface area contributed by atoms with Crippen molar-refractivity contribution >= 4 is 6.09 Å². The van der Waals surface area contributed by atoms with Gasteiger partial charge in [0.15, 0.2) is 0 Å². The third-order valence-corrected chi connectivity index (χ3v) is 2.80. The van der Waals surface area contributed by atoms with E-state index in [2.05, 4.69) is 34.6 Å². The molecule has 0 spiro atoms. The molecule has 1 amide bonds. The van der Waals surface area contributed by atoms with Crippen LogP contribution in [0.5, 0.6) is 0 Å². The zero-order valence-corrected chi connectivity index (χ0v) is 13.1. The summed E-state index contributed by atoms with van der Waals surface area (Å²) in [6.45, 7) is 15.1. The van der Waals surface area contributed by atoms with E-state index >= 15 is 0 Å². The van der Waals surface area contributed by atoms with Crippen LogP contribution in [0.4, 0.5) is 4.79 Å². The summed E-state index contributed by atoms with van der Waals surface area (Å²) < 4.78 is 5.24. The summed E-state index contributed by atoms with van der Waals surface area (Å²) in [4.78, 5) is 13.8. The van der Waals surface area contributed by atoms with Crippen LogP contribution in [0.3, 0.4) is 0 Å². The van der Waals surface area contributed by atoms with Gasteiger partial charge in [0.2, 0.25) is 0 Å². The number of hydrogen-bond donors (Lipinski definition) is 0. The van der Waals surface area contributed by atoms with Crippen LogP contribution in [-0.4, -0.2) is 30.7 Å². The van der Waals surface area contributed by atoms with Crippen LogP contribution in [-0.2, 0) is 4.74 Å². The Morgan fingerprint density at radius 3 is 2.28 bits per heavy atom. The van der Waals surface area contributed by atoms with Crippen LogP contribution in [0.2, 0.25) is 0 Å². The Balaban J connectivity index is 4.27. The van der Waals surface area contributed by atoms with Gasteiger partial charge in [-0.2, -0.15) is 0 Å². The number of hydrogen-bond acceptors (Lipinski definition) is 2. The number of rotatable bonds is 7. The van der Waals surface area contributed by atoms with E-state index in [0.29, 0.717) is 12.5 Å². The van der Waals surface area contributed by atoms with Gasteiger partial charge in [0.25, 0.3) is 0 Å². The fraction of sp³-hybridized carbons (Fsp3) is 0.933. The summed E-state index contributed by atoms with van der Waals surface area (Å²) in [6.07, 6.45) is 2.77. The monoisotopic (exact) mass is 257 g/mol. The van der Waals surface area contributed by atoms with E-state index < -0.39 is 0 Å². The molecule has 0 aliphatic heterocycles. The van der Waals surface area contributed by atoms with Crippen molar-refractivity contribution in [1.29, 1.82) is 0 Å². The Morgan fingerprint density at radius 1 is 1.22 bits per heavy atom. The number of carbonyl (C=O) groups is 1. The third kappa shape index (κ3) is 9.32. The summed E-state index contributed by atoms with van der Waals surface area (Å²) in [7, 11) is 0. The van der Waals surface area contributed by atoms with Gasteiger partial charge in [-0.3, -0.25) is 0 Å². The lowest BCUT2D eigenvalue weighted by molar-refractivity contribution is 0.0961. The standard InChI is InChI=1S/C15H31NO2/c1-7-12-18-14(17)16(10-8-13(2)3)11-9-15(4,5)6/h13H,7-12H2,1-6H3. The molecule has 0 bridgehead atoms. The van der Waals surface area contributed by atoms with Crippen LogP contribution in [0.15, 0.2) is 0 Å². The Bertz CT molecular complexity index is 231. The molecule has 3 heteroatoms. The van der Waals surface area contributed by atoms with Crippen molar-refractivity contribution in [2.75, 3.05) is 19.7 Å². The van der Waals surface area contributed by atoms with Crippen LogP contribution in [0.25, 0.3) is 0 Å². The predicted molar refractivity (Wildman–Crippen MR) is 76.7 cm³/mol. The van der Waals surface area contributed by atoms with Gasteiger partial charge in [0.1, 0.15) is 0 Å². The lowest BCUT2D eigenvalue weighted by Gasteiger charge is -2.27. The van der Waals surface area contributed by atoms with Crippen LogP contribution in [0.1, 0.15) is 60.8 Å². The average Bonchev–Trinajstić information content (AvgIpc) is 2.24. The Kier molecular flexibility index (Phi) is 8.05. The highest BCUT2D eigenvalue weighted by atomic mass is 16.6. The molecule has 0 aromatic rings. The van der Waals surface area contributed by atoms with Gasteiger partial charge in [0.05, 0.1) is 6.61 Å². The first kappa shape index (κ1) is 17.3. The van der Waals surface area contributed by atoms with E-state index in [9.17, 15) is 4.79 Å². The van der Waals surface area contributed by atoms with E-state index in [0.717, 1.165) is 32.4 Å². The number of nitrogens with zero attached hydrogens (tertiary/aromatic N) is 1. The number of carbonyl (C=O) groups excluding carboxylic acids is 1. The Morgan fingerprint density at radius 2 is 1.83 bits per heavy atom. The molecule has 0 heterocycles. The van der Waals surface area contributed by atoms with Gasteiger partial charge >= 0.3 is 6.09 Å². The maximum Gasteiger partial charge on any atom is 0.409 e. The molecule has 0 rings (SSSR count). The normalized spacial score (nSPS) is 11.7. The lowest BCUT2D eigenvalue weighted by Crippen LogP contribution is -2.35. The van der Waals surface area contributed by atoms with Crippen LogP contribution < -0.4 is 0 Å². The second kappa shape index (κ2) is 8.39. The van der Waals surface area contributed by atoms with E-state index in [4.69, 9.17) is 4.74 Å². The minimum atomic E-state index is -0.151. The highest BCUT2D eigenvalue weighted by Crippen LogP contribution is 2.19. The van der Waals surface area contributed by atoms with Crippen molar-refractivity contribution in [3.05, 3.63) is 0 Å². The van der Waals surface area contributed by atoms with Gasteiger partial charge in [-0.15, -0.1) is 0 Å². The maximum absolute atomic E-state index is 11.9. The molecule has 0 unspecified atom stereocenters. The first-order valence-electron chi connectivity index (χ1n) is 7.18. The quantitative estimate of drug-likeness (QED) is 0.680. The zero-order valence-electron chi connectivity index (χ0n) is 13.1. The van der Waals surface area contributed by atoms with Gasteiger partial charge in [-0.1, -0.05) is 41.5 Å². The molecule has 0 saturated heterocycles. The molecule has 0 N–H and O–H groups in total. The highest BCUT2D eigenvalue weighted by molar-refractivity contribution is 5.67. The van der Waals surface area contributed by atoms with E-state index in [1.165, 1.54) is 0 Å². The molecule has 0 atom stereocenters. The topological polar surface area (TPSA) is 29.5 Å². The lowest BCUT2D eigenvalue weighted by atomic mass is 9.92. The molecule has 0 saturated carbocycles. The molecule has 3 nitrogen and oxygen atoms in total. The van der Waals surface area contributed by atoms with Crippen molar-refractivity contribution < 1.29 is 9.53 Å². The van der Waals surface area contributed by atoms with Gasteiger partial charge in [-0.25, -0.2) is 4.79 Å². The van der Waals surface area contributed by atoms with Crippen LogP contribution >= 0.6 is 0 Å². The SMILES string of the molecule is CCCOC(=O)N(CCC(C)C)CCC(C)(C)C. The van der Waals surface area contributed by atoms with Crippen molar-refractivity contribution in [1.82, 2.24) is 4.90 Å². The molecule has 18 heavy (non-hydrogen) atoms. The summed E-state index contributed by atoms with van der Waals surface area (Å²) in [5, 5.41) is 0. The predicted octanol–water partition coefficient (Wildman–Crippen LogP) is 4.32. The van der Waals surface area contributed by atoms with Crippen molar-refractivity contribution in [2.24, 2.45) is 11.3 Å². The van der Waals surface area contributed by atoms with Crippen molar-refractivity contribution in [2.45, 2.75) is 60.8 Å². The molecule has 0 aliphatic rings. The minimum Gasteiger partial charge on any atom is -0.449 e. The van der Waals surface area contributed by atoms with E-state index in [1.807, 2.05) is 11.8 Å². The largest absolute Gasteiger partial charge is 0.449 e. The first-order chi connectivity index (χ1) is 8.26. The van der Waals surface area contributed by atoms with Gasteiger partial charge in [-0.05, 0) is 30.6 Å². The van der Waals surface area contributed by atoms with E-state index in [-0.39, 0.29) is 11.5 Å². The summed E-state index contributed by atoms with van der Waals surface area (Å²) in [5.41, 5.74) is 0.251. The molecule has 108 valence electrons. The second-order valence-corrected chi connectivity index (χ2v) is 6.59. The highest BCUT2D eigenvalue weighted by Gasteiger charge is 2.18. The molecule has 0 radical (unpaired) electrons. The van der Waals surface area contributed by atoms with Crippen molar-refractivity contribution in [3.63, 3.8) is 0 Å². The van der Waals surface area contributed by atoms with Gasteiger partial charge < -0.3 is 9.64 Å².